The van der Waals surface area contributed by atoms with Crippen LogP contribution < -0.4 is 0 Å². The van der Waals surface area contributed by atoms with Crippen molar-refractivity contribution in [1.82, 2.24) is 9.97 Å². The van der Waals surface area contributed by atoms with Gasteiger partial charge in [-0.05, 0) is 18.2 Å². The van der Waals surface area contributed by atoms with Crippen LogP contribution >= 0.6 is 15.9 Å². The van der Waals surface area contributed by atoms with E-state index in [4.69, 9.17) is 0 Å². The van der Waals surface area contributed by atoms with Gasteiger partial charge in [0.15, 0.2) is 5.82 Å². The molecule has 17 heavy (non-hydrogen) atoms. The van der Waals surface area contributed by atoms with Crippen molar-refractivity contribution in [1.29, 1.82) is 0 Å². The van der Waals surface area contributed by atoms with Gasteiger partial charge in [0.05, 0.1) is 5.52 Å². The SMILES string of the molecule is Brc1cccc(-c2ncc3ccccc3n2)c1. The summed E-state index contributed by atoms with van der Waals surface area (Å²) in [6, 6.07) is 16.0. The van der Waals surface area contributed by atoms with Gasteiger partial charge < -0.3 is 0 Å². The Balaban J connectivity index is 2.18. The third-order valence-electron chi connectivity index (χ3n) is 2.57. The highest BCUT2D eigenvalue weighted by molar-refractivity contribution is 9.10. The average Bonchev–Trinajstić information content (AvgIpc) is 2.38. The Morgan fingerprint density at radius 2 is 1.82 bits per heavy atom. The second-order valence-electron chi connectivity index (χ2n) is 3.76. The molecule has 3 aromatic rings. The van der Waals surface area contributed by atoms with Gasteiger partial charge in [-0.3, -0.25) is 0 Å². The number of halogens is 1. The van der Waals surface area contributed by atoms with Crippen molar-refractivity contribution in [2.75, 3.05) is 0 Å². The molecule has 3 heteroatoms. The summed E-state index contributed by atoms with van der Waals surface area (Å²) < 4.78 is 1.03. The summed E-state index contributed by atoms with van der Waals surface area (Å²) in [4.78, 5) is 8.94. The van der Waals surface area contributed by atoms with E-state index in [0.29, 0.717) is 0 Å². The number of para-hydroxylation sites is 1. The molecule has 0 saturated heterocycles. The van der Waals surface area contributed by atoms with Crippen LogP contribution in [0.15, 0.2) is 59.2 Å². The van der Waals surface area contributed by atoms with Crippen LogP contribution in [0.5, 0.6) is 0 Å². The van der Waals surface area contributed by atoms with Crippen LogP contribution in [-0.4, -0.2) is 9.97 Å². The lowest BCUT2D eigenvalue weighted by Gasteiger charge is -2.02. The van der Waals surface area contributed by atoms with E-state index in [1.165, 1.54) is 0 Å². The molecule has 82 valence electrons. The summed E-state index contributed by atoms with van der Waals surface area (Å²) >= 11 is 3.45. The molecule has 3 rings (SSSR count). The monoisotopic (exact) mass is 284 g/mol. The summed E-state index contributed by atoms with van der Waals surface area (Å²) in [5, 5.41) is 1.06. The molecule has 0 amide bonds. The number of rotatable bonds is 1. The Morgan fingerprint density at radius 3 is 2.71 bits per heavy atom. The van der Waals surface area contributed by atoms with E-state index in [2.05, 4.69) is 25.9 Å². The van der Waals surface area contributed by atoms with Gasteiger partial charge in [-0.25, -0.2) is 9.97 Å². The predicted octanol–water partition coefficient (Wildman–Crippen LogP) is 4.06. The zero-order chi connectivity index (χ0) is 11.7. The lowest BCUT2D eigenvalue weighted by atomic mass is 10.2. The van der Waals surface area contributed by atoms with Crippen LogP contribution in [0.25, 0.3) is 22.3 Å². The van der Waals surface area contributed by atoms with Crippen LogP contribution in [0, 0.1) is 0 Å². The molecule has 0 radical (unpaired) electrons. The minimum absolute atomic E-state index is 0.755. The van der Waals surface area contributed by atoms with Crippen molar-refractivity contribution in [2.45, 2.75) is 0 Å². The van der Waals surface area contributed by atoms with E-state index in [-0.39, 0.29) is 0 Å². The van der Waals surface area contributed by atoms with Gasteiger partial charge >= 0.3 is 0 Å². The topological polar surface area (TPSA) is 25.8 Å². The standard InChI is InChI=1S/C14H9BrN2/c15-12-6-3-5-10(8-12)14-16-9-11-4-1-2-7-13(11)17-14/h1-9H. The van der Waals surface area contributed by atoms with Crippen LogP contribution in [0.1, 0.15) is 0 Å². The van der Waals surface area contributed by atoms with Gasteiger partial charge in [-0.1, -0.05) is 46.3 Å². The molecule has 0 aliphatic rings. The van der Waals surface area contributed by atoms with Crippen LogP contribution in [0.2, 0.25) is 0 Å². The normalized spacial score (nSPS) is 10.6. The van der Waals surface area contributed by atoms with Crippen molar-refractivity contribution in [3.05, 3.63) is 59.2 Å². The molecule has 0 spiro atoms. The Kier molecular flexibility index (Phi) is 2.61. The lowest BCUT2D eigenvalue weighted by molar-refractivity contribution is 1.23. The van der Waals surface area contributed by atoms with Crippen molar-refractivity contribution in [2.24, 2.45) is 0 Å². The van der Waals surface area contributed by atoms with E-state index in [0.717, 1.165) is 26.8 Å². The van der Waals surface area contributed by atoms with Crippen molar-refractivity contribution in [3.8, 4) is 11.4 Å². The van der Waals surface area contributed by atoms with Crippen molar-refractivity contribution < 1.29 is 0 Å². The molecule has 2 nitrogen and oxygen atoms in total. The van der Waals surface area contributed by atoms with Gasteiger partial charge in [-0.15, -0.1) is 0 Å². The maximum atomic E-state index is 4.55. The molecular weight excluding hydrogens is 276 g/mol. The summed E-state index contributed by atoms with van der Waals surface area (Å²) in [7, 11) is 0. The van der Waals surface area contributed by atoms with Crippen LogP contribution in [0.3, 0.4) is 0 Å². The number of nitrogens with zero attached hydrogens (tertiary/aromatic N) is 2. The maximum Gasteiger partial charge on any atom is 0.159 e. The Bertz CT molecular complexity index is 680. The molecule has 1 aromatic heterocycles. The molecular formula is C14H9BrN2. The summed E-state index contributed by atoms with van der Waals surface area (Å²) in [6.07, 6.45) is 1.86. The van der Waals surface area contributed by atoms with Gasteiger partial charge in [-0.2, -0.15) is 0 Å². The minimum Gasteiger partial charge on any atom is -0.236 e. The first-order valence-electron chi connectivity index (χ1n) is 5.31. The second kappa shape index (κ2) is 4.26. The quantitative estimate of drug-likeness (QED) is 0.673. The molecule has 0 saturated carbocycles. The fraction of sp³-hybridized carbons (Fsp3) is 0. The molecule has 0 aliphatic carbocycles. The molecule has 2 aromatic carbocycles. The van der Waals surface area contributed by atoms with E-state index < -0.39 is 0 Å². The van der Waals surface area contributed by atoms with Crippen molar-refractivity contribution >= 4 is 26.8 Å². The number of hydrogen-bond donors (Lipinski definition) is 0. The first-order valence-corrected chi connectivity index (χ1v) is 6.10. The van der Waals surface area contributed by atoms with E-state index in [1.807, 2.05) is 54.7 Å². The van der Waals surface area contributed by atoms with Gasteiger partial charge in [0.25, 0.3) is 0 Å². The number of fused-ring (bicyclic) bond motifs is 1. The van der Waals surface area contributed by atoms with Gasteiger partial charge in [0.1, 0.15) is 0 Å². The maximum absolute atomic E-state index is 4.55. The first kappa shape index (κ1) is 10.4. The minimum atomic E-state index is 0.755. The molecule has 0 fully saturated rings. The van der Waals surface area contributed by atoms with Gasteiger partial charge in [0, 0.05) is 21.6 Å². The highest BCUT2D eigenvalue weighted by atomic mass is 79.9. The molecule has 0 aliphatic heterocycles. The second-order valence-corrected chi connectivity index (χ2v) is 4.68. The zero-order valence-electron chi connectivity index (χ0n) is 8.97. The summed E-state index contributed by atoms with van der Waals surface area (Å²) in [5.74, 6) is 0.755. The smallest absolute Gasteiger partial charge is 0.159 e. The van der Waals surface area contributed by atoms with E-state index in [1.54, 1.807) is 0 Å². The Labute approximate surface area is 107 Å². The first-order chi connectivity index (χ1) is 8.33. The zero-order valence-corrected chi connectivity index (χ0v) is 10.6. The van der Waals surface area contributed by atoms with Crippen LogP contribution in [0.4, 0.5) is 0 Å². The Morgan fingerprint density at radius 1 is 0.941 bits per heavy atom. The molecule has 0 N–H and O–H groups in total. The number of hydrogen-bond acceptors (Lipinski definition) is 2. The van der Waals surface area contributed by atoms with E-state index >= 15 is 0 Å². The molecule has 0 atom stereocenters. The highest BCUT2D eigenvalue weighted by Crippen LogP contribution is 2.21. The molecule has 1 heterocycles. The fourth-order valence-electron chi connectivity index (χ4n) is 1.74. The number of benzene rings is 2. The predicted molar refractivity (Wildman–Crippen MR) is 72.7 cm³/mol. The fourth-order valence-corrected chi connectivity index (χ4v) is 2.14. The average molecular weight is 285 g/mol. The summed E-state index contributed by atoms with van der Waals surface area (Å²) in [6.45, 7) is 0. The van der Waals surface area contributed by atoms with Crippen molar-refractivity contribution in [3.63, 3.8) is 0 Å². The lowest BCUT2D eigenvalue weighted by Crippen LogP contribution is -1.89. The van der Waals surface area contributed by atoms with E-state index in [9.17, 15) is 0 Å². The van der Waals surface area contributed by atoms with Gasteiger partial charge in [0.2, 0.25) is 0 Å². The highest BCUT2D eigenvalue weighted by Gasteiger charge is 2.02. The third kappa shape index (κ3) is 2.06. The summed E-state index contributed by atoms with van der Waals surface area (Å²) in [5.41, 5.74) is 1.99. The number of aromatic nitrogens is 2. The van der Waals surface area contributed by atoms with Crippen LogP contribution in [-0.2, 0) is 0 Å². The molecule has 0 bridgehead atoms. The largest absolute Gasteiger partial charge is 0.236 e. The molecule has 0 unspecified atom stereocenters. The third-order valence-corrected chi connectivity index (χ3v) is 3.07. The Hall–Kier alpha value is -1.74.